The minimum absolute atomic E-state index is 0.0191. The first kappa shape index (κ1) is 11.9. The summed E-state index contributed by atoms with van der Waals surface area (Å²) in [6.45, 7) is -0.273. The molecule has 1 atom stereocenters. The summed E-state index contributed by atoms with van der Waals surface area (Å²) in [5.41, 5.74) is -0.0191. The van der Waals surface area contributed by atoms with Gasteiger partial charge in [-0.15, -0.1) is 0 Å². The summed E-state index contributed by atoms with van der Waals surface area (Å²) in [7, 11) is 0. The Hall–Kier alpha value is -1.62. The van der Waals surface area contributed by atoms with Crippen LogP contribution in [-0.2, 0) is 0 Å². The Bertz CT molecular complexity index is 404. The molecule has 0 saturated carbocycles. The van der Waals surface area contributed by atoms with Crippen LogP contribution in [0.5, 0.6) is 5.75 Å². The van der Waals surface area contributed by atoms with E-state index in [1.807, 2.05) is 0 Å². The molecule has 1 saturated heterocycles. The van der Waals surface area contributed by atoms with E-state index in [-0.39, 0.29) is 11.3 Å². The van der Waals surface area contributed by atoms with Crippen LogP contribution in [0, 0.1) is 0 Å². The van der Waals surface area contributed by atoms with E-state index in [1.165, 1.54) is 12.1 Å². The highest BCUT2D eigenvalue weighted by Gasteiger charge is 2.24. The third-order valence-electron chi connectivity index (χ3n) is 2.77. The number of carboxylic acids is 1. The number of hydrogen-bond acceptors (Lipinski definition) is 3. The van der Waals surface area contributed by atoms with Crippen LogP contribution in [-0.4, -0.2) is 35.5 Å². The number of likely N-dealkylation sites (tertiary alicyclic amines) is 1. The molecule has 1 aliphatic heterocycles. The van der Waals surface area contributed by atoms with Gasteiger partial charge in [0, 0.05) is 13.1 Å². The molecule has 1 aromatic carbocycles. The fourth-order valence-corrected chi connectivity index (χ4v) is 1.87. The van der Waals surface area contributed by atoms with E-state index in [4.69, 9.17) is 9.84 Å². The van der Waals surface area contributed by atoms with E-state index < -0.39 is 12.5 Å². The Balaban J connectivity index is 2.09. The van der Waals surface area contributed by atoms with Gasteiger partial charge in [0.1, 0.15) is 11.3 Å². The predicted molar refractivity (Wildman–Crippen MR) is 59.7 cm³/mol. The Labute approximate surface area is 98.6 Å². The van der Waals surface area contributed by atoms with Crippen molar-refractivity contribution in [3.63, 3.8) is 0 Å². The Morgan fingerprint density at radius 1 is 1.35 bits per heavy atom. The summed E-state index contributed by atoms with van der Waals surface area (Å²) in [5, 5.41) is 8.93. The molecule has 1 N–H and O–H groups in total. The Morgan fingerprint density at radius 3 is 2.65 bits per heavy atom. The third-order valence-corrected chi connectivity index (χ3v) is 2.77. The van der Waals surface area contributed by atoms with Crippen molar-refractivity contribution in [1.82, 2.24) is 4.90 Å². The van der Waals surface area contributed by atoms with Gasteiger partial charge in [-0.2, -0.15) is 4.39 Å². The van der Waals surface area contributed by atoms with Gasteiger partial charge in [-0.3, -0.25) is 0 Å². The molecule has 92 valence electrons. The maximum Gasteiger partial charge on any atom is 0.339 e. The van der Waals surface area contributed by atoms with Crippen LogP contribution in [0.2, 0.25) is 0 Å². The average Bonchev–Trinajstić information content (AvgIpc) is 2.83. The highest BCUT2D eigenvalue weighted by atomic mass is 19.1. The lowest BCUT2D eigenvalue weighted by Gasteiger charge is -2.21. The van der Waals surface area contributed by atoms with Crippen LogP contribution in [0.15, 0.2) is 24.3 Å². The topological polar surface area (TPSA) is 49.8 Å². The van der Waals surface area contributed by atoms with Gasteiger partial charge >= 0.3 is 5.97 Å². The summed E-state index contributed by atoms with van der Waals surface area (Å²) in [4.78, 5) is 12.5. The number of hydrogen-bond donors (Lipinski definition) is 1. The van der Waals surface area contributed by atoms with Gasteiger partial charge in [0.05, 0.1) is 0 Å². The molecule has 0 radical (unpaired) electrons. The number of carbonyl (C=O) groups is 1. The number of benzene rings is 1. The minimum atomic E-state index is -1.57. The number of halogens is 1. The van der Waals surface area contributed by atoms with Gasteiger partial charge in [0.2, 0.25) is 0 Å². The number of para-hydroxylation sites is 1. The summed E-state index contributed by atoms with van der Waals surface area (Å²) in [6, 6.07) is 6.07. The molecular weight excluding hydrogens is 225 g/mol. The molecule has 1 aliphatic rings. The molecule has 5 heteroatoms. The van der Waals surface area contributed by atoms with Crippen LogP contribution in [0.4, 0.5) is 4.39 Å². The van der Waals surface area contributed by atoms with Gasteiger partial charge in [0.25, 0.3) is 6.48 Å². The van der Waals surface area contributed by atoms with Crippen molar-refractivity contribution in [3.05, 3.63) is 29.8 Å². The lowest BCUT2D eigenvalue weighted by molar-refractivity contribution is -0.0624. The zero-order valence-corrected chi connectivity index (χ0v) is 9.30. The quantitative estimate of drug-likeness (QED) is 0.817. The van der Waals surface area contributed by atoms with Crippen molar-refractivity contribution in [2.45, 2.75) is 19.3 Å². The van der Waals surface area contributed by atoms with Gasteiger partial charge in [-0.1, -0.05) is 12.1 Å². The zero-order valence-electron chi connectivity index (χ0n) is 9.30. The molecule has 0 spiro atoms. The minimum Gasteiger partial charge on any atom is -0.478 e. The number of ether oxygens (including phenoxy) is 1. The van der Waals surface area contributed by atoms with Gasteiger partial charge in [-0.25, -0.2) is 9.69 Å². The second-order valence-electron chi connectivity index (χ2n) is 3.95. The third kappa shape index (κ3) is 2.74. The fraction of sp³-hybridized carbons (Fsp3) is 0.417. The zero-order chi connectivity index (χ0) is 12.3. The first-order valence-corrected chi connectivity index (χ1v) is 5.55. The molecule has 0 aromatic heterocycles. The predicted octanol–water partition coefficient (Wildman–Crippen LogP) is 2.11. The van der Waals surface area contributed by atoms with Crippen molar-refractivity contribution in [2.75, 3.05) is 13.1 Å². The lowest BCUT2D eigenvalue weighted by Crippen LogP contribution is -2.33. The van der Waals surface area contributed by atoms with E-state index in [1.54, 1.807) is 17.0 Å². The largest absolute Gasteiger partial charge is 0.478 e. The molecule has 0 bridgehead atoms. The van der Waals surface area contributed by atoms with Crippen molar-refractivity contribution in [3.8, 4) is 5.75 Å². The molecule has 0 amide bonds. The van der Waals surface area contributed by atoms with Crippen LogP contribution in [0.25, 0.3) is 0 Å². The summed E-state index contributed by atoms with van der Waals surface area (Å²) < 4.78 is 18.8. The number of carboxylic acid groups (broad SMARTS) is 1. The van der Waals surface area contributed by atoms with Gasteiger partial charge < -0.3 is 9.84 Å². The van der Waals surface area contributed by atoms with E-state index in [9.17, 15) is 9.18 Å². The van der Waals surface area contributed by atoms with E-state index in [2.05, 4.69) is 0 Å². The summed E-state index contributed by atoms with van der Waals surface area (Å²) >= 11 is 0. The summed E-state index contributed by atoms with van der Waals surface area (Å²) in [6.07, 6.45) is 1.90. The van der Waals surface area contributed by atoms with Crippen molar-refractivity contribution in [2.24, 2.45) is 0 Å². The van der Waals surface area contributed by atoms with Gasteiger partial charge in [-0.05, 0) is 25.0 Å². The van der Waals surface area contributed by atoms with E-state index in [0.29, 0.717) is 13.1 Å². The number of rotatable bonds is 4. The van der Waals surface area contributed by atoms with E-state index in [0.717, 1.165) is 12.8 Å². The maximum absolute atomic E-state index is 13.7. The molecule has 1 heterocycles. The highest BCUT2D eigenvalue weighted by Crippen LogP contribution is 2.22. The normalized spacial score (nSPS) is 17.9. The smallest absolute Gasteiger partial charge is 0.339 e. The Morgan fingerprint density at radius 2 is 2.00 bits per heavy atom. The van der Waals surface area contributed by atoms with Gasteiger partial charge in [0.15, 0.2) is 0 Å². The highest BCUT2D eigenvalue weighted by molar-refractivity contribution is 5.90. The molecule has 17 heavy (non-hydrogen) atoms. The fourth-order valence-electron chi connectivity index (χ4n) is 1.87. The van der Waals surface area contributed by atoms with E-state index >= 15 is 0 Å². The molecule has 1 aromatic rings. The van der Waals surface area contributed by atoms with Crippen LogP contribution in [0.3, 0.4) is 0 Å². The SMILES string of the molecule is O=C(O)c1ccccc1OC(F)N1CCCC1. The van der Waals surface area contributed by atoms with Crippen LogP contribution in [0.1, 0.15) is 23.2 Å². The summed E-state index contributed by atoms with van der Waals surface area (Å²) in [5.74, 6) is -1.05. The number of nitrogens with zero attached hydrogens (tertiary/aromatic N) is 1. The Kier molecular flexibility index (Phi) is 3.58. The molecule has 1 fully saturated rings. The molecular formula is C12H14FNO3. The maximum atomic E-state index is 13.7. The standard InChI is InChI=1S/C12H14FNO3/c13-12(14-7-3-4-8-14)17-10-6-2-1-5-9(10)11(15)16/h1-2,5-6,12H,3-4,7-8H2,(H,15,16). The molecule has 0 aliphatic carbocycles. The number of alkyl halides is 1. The van der Waals surface area contributed by atoms with Crippen molar-refractivity contribution in [1.29, 1.82) is 0 Å². The molecule has 2 rings (SSSR count). The molecule has 1 unspecified atom stereocenters. The van der Waals surface area contributed by atoms with Crippen molar-refractivity contribution < 1.29 is 19.0 Å². The first-order chi connectivity index (χ1) is 8.18. The van der Waals surface area contributed by atoms with Crippen LogP contribution >= 0.6 is 0 Å². The van der Waals surface area contributed by atoms with Crippen LogP contribution < -0.4 is 4.74 Å². The number of aromatic carboxylic acids is 1. The van der Waals surface area contributed by atoms with Crippen molar-refractivity contribution >= 4 is 5.97 Å². The second kappa shape index (κ2) is 5.14. The monoisotopic (exact) mass is 239 g/mol. The first-order valence-electron chi connectivity index (χ1n) is 5.55. The lowest BCUT2D eigenvalue weighted by atomic mass is 10.2. The second-order valence-corrected chi connectivity index (χ2v) is 3.95. The average molecular weight is 239 g/mol. The molecule has 4 nitrogen and oxygen atoms in total.